The highest BCUT2D eigenvalue weighted by Gasteiger charge is 2.07. The van der Waals surface area contributed by atoms with E-state index in [4.69, 9.17) is 0 Å². The van der Waals surface area contributed by atoms with E-state index in [2.05, 4.69) is 62.7 Å². The van der Waals surface area contributed by atoms with Crippen LogP contribution in [0.2, 0.25) is 0 Å². The second-order valence-electron chi connectivity index (χ2n) is 6.25. The Hall–Kier alpha value is -3.97. The summed E-state index contributed by atoms with van der Waals surface area (Å²) in [5.41, 5.74) is 5.62. The molecule has 0 N–H and O–H groups in total. The summed E-state index contributed by atoms with van der Waals surface area (Å²) in [6, 6.07) is 0. The average molecular weight is 422 g/mol. The van der Waals surface area contributed by atoms with Crippen molar-refractivity contribution in [3.63, 3.8) is 0 Å². The van der Waals surface area contributed by atoms with Crippen LogP contribution in [0, 0.1) is 0 Å². The van der Waals surface area contributed by atoms with Gasteiger partial charge in [-0.1, -0.05) is 118 Å². The zero-order valence-electron chi connectivity index (χ0n) is 19.5. The van der Waals surface area contributed by atoms with Gasteiger partial charge >= 0.3 is 0 Å². The molecule has 0 heterocycles. The van der Waals surface area contributed by atoms with E-state index in [-0.39, 0.29) is 0 Å². The van der Waals surface area contributed by atoms with Crippen LogP contribution in [0.15, 0.2) is 176 Å². The van der Waals surface area contributed by atoms with Crippen molar-refractivity contribution in [1.29, 1.82) is 0 Å². The highest BCUT2D eigenvalue weighted by molar-refractivity contribution is 6.11. The summed E-state index contributed by atoms with van der Waals surface area (Å²) in [6.07, 6.45) is 32.1. The van der Waals surface area contributed by atoms with Crippen molar-refractivity contribution in [2.24, 2.45) is 4.99 Å². The van der Waals surface area contributed by atoms with Crippen molar-refractivity contribution >= 4 is 5.71 Å². The van der Waals surface area contributed by atoms with Crippen molar-refractivity contribution in [2.45, 2.75) is 13.8 Å². The van der Waals surface area contributed by atoms with E-state index in [1.165, 1.54) is 6.20 Å². The number of aliphatic imine (C=N–C) groups is 1. The van der Waals surface area contributed by atoms with E-state index in [0.29, 0.717) is 0 Å². The normalized spacial score (nSPS) is 14.8. The van der Waals surface area contributed by atoms with E-state index in [1.807, 2.05) is 68.5 Å². The Morgan fingerprint density at radius 2 is 1.19 bits per heavy atom. The predicted molar refractivity (Wildman–Crippen MR) is 148 cm³/mol. The molecule has 0 spiro atoms. The molecule has 0 aromatic rings. The van der Waals surface area contributed by atoms with Crippen molar-refractivity contribution in [1.82, 2.24) is 0 Å². The van der Waals surface area contributed by atoms with Gasteiger partial charge in [-0.3, -0.25) is 4.99 Å². The van der Waals surface area contributed by atoms with E-state index in [1.54, 1.807) is 24.3 Å². The van der Waals surface area contributed by atoms with Crippen LogP contribution in [0.5, 0.6) is 0 Å². The summed E-state index contributed by atoms with van der Waals surface area (Å²) < 4.78 is 0. The van der Waals surface area contributed by atoms with Gasteiger partial charge in [-0.15, -0.1) is 0 Å². The quantitative estimate of drug-likeness (QED) is 0.196. The minimum Gasteiger partial charge on any atom is -0.257 e. The number of rotatable bonds is 14. The molecule has 0 amide bonds. The van der Waals surface area contributed by atoms with Gasteiger partial charge in [-0.05, 0) is 59.9 Å². The lowest BCUT2D eigenvalue weighted by Crippen LogP contribution is -1.98. The van der Waals surface area contributed by atoms with Gasteiger partial charge < -0.3 is 0 Å². The Morgan fingerprint density at radius 1 is 0.594 bits per heavy atom. The molecule has 164 valence electrons. The first-order valence-corrected chi connectivity index (χ1v) is 10.3. The summed E-state index contributed by atoms with van der Waals surface area (Å²) in [7, 11) is 0. The van der Waals surface area contributed by atoms with Crippen LogP contribution in [0.1, 0.15) is 13.8 Å². The minimum atomic E-state index is 0.788. The summed E-state index contributed by atoms with van der Waals surface area (Å²) in [5.74, 6) is 0. The first-order valence-electron chi connectivity index (χ1n) is 10.3. The molecule has 0 aliphatic carbocycles. The standard InChI is InChI=1S/C31H35N/c1-9-17-22-28(19-11-3)26(14-6)24-29(20-12-4)30(21-13-5)25-27(15-7)31(32-16-8)23-18-10-2/h9-25H,1-4,6,8H2,5,7H3/b21-13-,22-17-,23-18-,26-24+,27-15+,28-19+,29-20+,30-25-,32-31-. The Labute approximate surface area is 195 Å². The molecule has 0 aliphatic heterocycles. The van der Waals surface area contributed by atoms with Gasteiger partial charge in [0.2, 0.25) is 0 Å². The SMILES string of the molecule is C=C\C=C/C(=N/C=C)C(/C=C(/C=C\C)C(=C\C=C)\C=C(C=C)\C(\C=C/C=C)=C\C=C)=C/C. The highest BCUT2D eigenvalue weighted by atomic mass is 14.7. The lowest BCUT2D eigenvalue weighted by molar-refractivity contribution is 1.44. The first kappa shape index (κ1) is 28.0. The molecule has 1 heteroatoms. The first-order chi connectivity index (χ1) is 15.6. The van der Waals surface area contributed by atoms with E-state index >= 15 is 0 Å². The second kappa shape index (κ2) is 17.9. The van der Waals surface area contributed by atoms with E-state index < -0.39 is 0 Å². The fraction of sp³-hybridized carbons (Fsp3) is 0.0645. The van der Waals surface area contributed by atoms with Gasteiger partial charge in [0.15, 0.2) is 0 Å². The lowest BCUT2D eigenvalue weighted by Gasteiger charge is -2.10. The molecule has 0 aliphatic rings. The fourth-order valence-corrected chi connectivity index (χ4v) is 2.68. The fourth-order valence-electron chi connectivity index (χ4n) is 2.68. The molecule has 0 rings (SSSR count). The molecule has 0 atom stereocenters. The Bertz CT molecular complexity index is 973. The second-order valence-corrected chi connectivity index (χ2v) is 6.25. The molecule has 0 aromatic carbocycles. The number of hydrogen-bond donors (Lipinski definition) is 0. The van der Waals surface area contributed by atoms with Crippen molar-refractivity contribution < 1.29 is 0 Å². The molecule has 0 saturated carbocycles. The molecular weight excluding hydrogens is 386 g/mol. The Balaban J connectivity index is 6.85. The number of nitrogens with zero attached hydrogens (tertiary/aromatic N) is 1. The molecule has 0 bridgehead atoms. The van der Waals surface area contributed by atoms with Crippen LogP contribution in [0.3, 0.4) is 0 Å². The monoisotopic (exact) mass is 421 g/mol. The molecule has 0 fully saturated rings. The Kier molecular flexibility index (Phi) is 15.6. The van der Waals surface area contributed by atoms with Crippen LogP contribution in [0.4, 0.5) is 0 Å². The maximum atomic E-state index is 4.41. The topological polar surface area (TPSA) is 12.4 Å². The average Bonchev–Trinajstić information content (AvgIpc) is 2.80. The number of hydrogen-bond acceptors (Lipinski definition) is 1. The van der Waals surface area contributed by atoms with Crippen molar-refractivity contribution in [3.8, 4) is 0 Å². The summed E-state index contributed by atoms with van der Waals surface area (Å²) in [4.78, 5) is 4.41. The third-order valence-corrected chi connectivity index (χ3v) is 4.09. The van der Waals surface area contributed by atoms with Crippen LogP contribution in [-0.2, 0) is 0 Å². The van der Waals surface area contributed by atoms with E-state index in [9.17, 15) is 0 Å². The van der Waals surface area contributed by atoms with Gasteiger partial charge in [-0.25, -0.2) is 0 Å². The van der Waals surface area contributed by atoms with Crippen LogP contribution in [-0.4, -0.2) is 5.71 Å². The predicted octanol–water partition coefficient (Wildman–Crippen LogP) is 8.84. The summed E-state index contributed by atoms with van der Waals surface area (Å²) in [6.45, 7) is 26.9. The van der Waals surface area contributed by atoms with Crippen molar-refractivity contribution in [3.05, 3.63) is 171 Å². The van der Waals surface area contributed by atoms with E-state index in [0.717, 1.165) is 33.6 Å². The maximum Gasteiger partial charge on any atom is 0.0698 e. The van der Waals surface area contributed by atoms with Crippen LogP contribution in [0.25, 0.3) is 0 Å². The van der Waals surface area contributed by atoms with Gasteiger partial charge in [0, 0.05) is 6.20 Å². The zero-order chi connectivity index (χ0) is 24.2. The van der Waals surface area contributed by atoms with Gasteiger partial charge in [0.1, 0.15) is 0 Å². The Morgan fingerprint density at radius 3 is 1.69 bits per heavy atom. The summed E-state index contributed by atoms with van der Waals surface area (Å²) >= 11 is 0. The van der Waals surface area contributed by atoms with Crippen molar-refractivity contribution in [2.75, 3.05) is 0 Å². The molecule has 32 heavy (non-hydrogen) atoms. The smallest absolute Gasteiger partial charge is 0.0698 e. The van der Waals surface area contributed by atoms with Gasteiger partial charge in [0.25, 0.3) is 0 Å². The molecule has 0 aromatic heterocycles. The highest BCUT2D eigenvalue weighted by Crippen LogP contribution is 2.23. The third-order valence-electron chi connectivity index (χ3n) is 4.09. The van der Waals surface area contributed by atoms with Crippen LogP contribution >= 0.6 is 0 Å². The number of allylic oxidation sites excluding steroid dienone is 21. The molecule has 0 radical (unpaired) electrons. The minimum absolute atomic E-state index is 0.788. The molecule has 0 unspecified atom stereocenters. The van der Waals surface area contributed by atoms with Gasteiger partial charge in [-0.2, -0.15) is 0 Å². The molecule has 0 saturated heterocycles. The summed E-state index contributed by atoms with van der Waals surface area (Å²) in [5, 5.41) is 0. The molecule has 1 nitrogen and oxygen atoms in total. The lowest BCUT2D eigenvalue weighted by atomic mass is 9.95. The zero-order valence-corrected chi connectivity index (χ0v) is 19.5. The third kappa shape index (κ3) is 10.2. The largest absolute Gasteiger partial charge is 0.257 e. The maximum absolute atomic E-state index is 4.41. The molecular formula is C31H35N. The van der Waals surface area contributed by atoms with Crippen LogP contribution < -0.4 is 0 Å². The van der Waals surface area contributed by atoms with Gasteiger partial charge in [0.05, 0.1) is 5.71 Å².